The molecule has 19 heavy (non-hydrogen) atoms. The minimum absolute atomic E-state index is 0.176. The van der Waals surface area contributed by atoms with Gasteiger partial charge in [0, 0.05) is 13.0 Å². The summed E-state index contributed by atoms with van der Waals surface area (Å²) in [4.78, 5) is 14.0. The normalized spacial score (nSPS) is 25.0. The molecule has 1 amide bonds. The summed E-state index contributed by atoms with van der Waals surface area (Å²) in [5, 5.41) is 0. The number of carbonyl (C=O) groups excluding carboxylic acids is 1. The van der Waals surface area contributed by atoms with Crippen LogP contribution in [0.3, 0.4) is 0 Å². The zero-order valence-electron chi connectivity index (χ0n) is 11.7. The minimum atomic E-state index is -0.176. The third-order valence-corrected chi connectivity index (χ3v) is 4.52. The van der Waals surface area contributed by atoms with E-state index < -0.39 is 0 Å². The summed E-state index contributed by atoms with van der Waals surface area (Å²) in [5.74, 6) is 1.77. The van der Waals surface area contributed by atoms with Crippen molar-refractivity contribution in [2.75, 3.05) is 20.8 Å². The number of rotatable bonds is 2. The van der Waals surface area contributed by atoms with Crippen molar-refractivity contribution in [3.8, 4) is 11.5 Å². The van der Waals surface area contributed by atoms with Crippen molar-refractivity contribution in [1.29, 1.82) is 0 Å². The van der Waals surface area contributed by atoms with Crippen LogP contribution >= 0.6 is 0 Å². The Kier molecular flexibility index (Phi) is 2.69. The first-order valence-electron chi connectivity index (χ1n) is 6.66. The smallest absolute Gasteiger partial charge is 0.223 e. The molecule has 102 valence electrons. The summed E-state index contributed by atoms with van der Waals surface area (Å²) in [5.41, 5.74) is 2.30. The highest BCUT2D eigenvalue weighted by Crippen LogP contribution is 2.46. The topological polar surface area (TPSA) is 38.8 Å². The van der Waals surface area contributed by atoms with Gasteiger partial charge in [0.15, 0.2) is 11.5 Å². The molecule has 0 radical (unpaired) electrons. The molecule has 3 rings (SSSR count). The SMILES string of the molecule is COc1cc2c(cc1OC)C1(C)CCC(=O)N1CC2. The summed E-state index contributed by atoms with van der Waals surface area (Å²) in [6.45, 7) is 2.96. The maximum Gasteiger partial charge on any atom is 0.223 e. The number of ether oxygens (including phenoxy) is 2. The van der Waals surface area contributed by atoms with Gasteiger partial charge in [-0.15, -0.1) is 0 Å². The molecule has 2 heterocycles. The number of hydrogen-bond acceptors (Lipinski definition) is 3. The zero-order chi connectivity index (χ0) is 13.6. The lowest BCUT2D eigenvalue weighted by molar-refractivity contribution is -0.131. The maximum absolute atomic E-state index is 12.0. The molecule has 1 aromatic rings. The molecule has 0 aliphatic carbocycles. The maximum atomic E-state index is 12.0. The van der Waals surface area contributed by atoms with Crippen LogP contribution in [-0.2, 0) is 16.8 Å². The van der Waals surface area contributed by atoms with E-state index in [1.54, 1.807) is 14.2 Å². The van der Waals surface area contributed by atoms with Crippen LogP contribution in [0.4, 0.5) is 0 Å². The Morgan fingerprint density at radius 2 is 1.84 bits per heavy atom. The van der Waals surface area contributed by atoms with Crippen LogP contribution in [0.15, 0.2) is 12.1 Å². The first-order chi connectivity index (χ1) is 9.10. The van der Waals surface area contributed by atoms with Gasteiger partial charge in [-0.25, -0.2) is 0 Å². The molecule has 0 bridgehead atoms. The van der Waals surface area contributed by atoms with E-state index in [0.29, 0.717) is 6.42 Å². The van der Waals surface area contributed by atoms with Crippen molar-refractivity contribution in [2.45, 2.75) is 31.7 Å². The van der Waals surface area contributed by atoms with Crippen molar-refractivity contribution in [1.82, 2.24) is 4.90 Å². The number of carbonyl (C=O) groups is 1. The molecule has 0 aromatic heterocycles. The van der Waals surface area contributed by atoms with Crippen LogP contribution in [-0.4, -0.2) is 31.6 Å². The van der Waals surface area contributed by atoms with E-state index in [2.05, 4.69) is 13.0 Å². The van der Waals surface area contributed by atoms with Crippen molar-refractivity contribution < 1.29 is 14.3 Å². The van der Waals surface area contributed by atoms with Gasteiger partial charge in [0.1, 0.15) is 0 Å². The Morgan fingerprint density at radius 1 is 1.16 bits per heavy atom. The second-order valence-electron chi connectivity index (χ2n) is 5.43. The van der Waals surface area contributed by atoms with Crippen LogP contribution in [0.1, 0.15) is 30.9 Å². The van der Waals surface area contributed by atoms with Gasteiger partial charge in [-0.05, 0) is 43.0 Å². The molecule has 0 saturated carbocycles. The Hall–Kier alpha value is -1.71. The molecular formula is C15H19NO3. The van der Waals surface area contributed by atoms with Crippen LogP contribution in [0, 0.1) is 0 Å². The second-order valence-corrected chi connectivity index (χ2v) is 5.43. The van der Waals surface area contributed by atoms with Gasteiger partial charge in [0.2, 0.25) is 5.91 Å². The Balaban J connectivity index is 2.15. The third kappa shape index (κ3) is 1.62. The number of nitrogens with zero attached hydrogens (tertiary/aromatic N) is 1. The predicted molar refractivity (Wildman–Crippen MR) is 71.5 cm³/mol. The van der Waals surface area contributed by atoms with Gasteiger partial charge in [-0.2, -0.15) is 0 Å². The van der Waals surface area contributed by atoms with Gasteiger partial charge in [0.05, 0.1) is 19.8 Å². The molecule has 1 fully saturated rings. The van der Waals surface area contributed by atoms with E-state index in [1.165, 1.54) is 11.1 Å². The van der Waals surface area contributed by atoms with E-state index >= 15 is 0 Å². The van der Waals surface area contributed by atoms with Crippen molar-refractivity contribution in [2.24, 2.45) is 0 Å². The molecule has 1 atom stereocenters. The first kappa shape index (κ1) is 12.3. The summed E-state index contributed by atoms with van der Waals surface area (Å²) in [7, 11) is 3.30. The lowest BCUT2D eigenvalue weighted by Gasteiger charge is -2.41. The fourth-order valence-corrected chi connectivity index (χ4v) is 3.41. The van der Waals surface area contributed by atoms with Gasteiger partial charge in [-0.1, -0.05) is 0 Å². The average Bonchev–Trinajstić information content (AvgIpc) is 2.73. The zero-order valence-corrected chi connectivity index (χ0v) is 11.7. The van der Waals surface area contributed by atoms with Crippen molar-refractivity contribution in [3.63, 3.8) is 0 Å². The number of hydrogen-bond donors (Lipinski definition) is 0. The molecule has 4 heteroatoms. The van der Waals surface area contributed by atoms with Gasteiger partial charge in [0.25, 0.3) is 0 Å². The standard InChI is InChI=1S/C15H19NO3/c1-15-6-4-14(17)16(15)7-5-10-8-12(18-2)13(19-3)9-11(10)15/h8-9H,4-7H2,1-3H3. The first-order valence-corrected chi connectivity index (χ1v) is 6.66. The minimum Gasteiger partial charge on any atom is -0.493 e. The molecule has 0 N–H and O–H groups in total. The average molecular weight is 261 g/mol. The summed E-state index contributed by atoms with van der Waals surface area (Å²) >= 11 is 0. The van der Waals surface area contributed by atoms with Crippen molar-refractivity contribution >= 4 is 5.91 Å². The lowest BCUT2D eigenvalue weighted by atomic mass is 9.81. The van der Waals surface area contributed by atoms with E-state index in [1.807, 2.05) is 11.0 Å². The highest BCUT2D eigenvalue weighted by Gasteiger charge is 2.46. The third-order valence-electron chi connectivity index (χ3n) is 4.52. The van der Waals surface area contributed by atoms with Crippen LogP contribution in [0.2, 0.25) is 0 Å². The highest BCUT2D eigenvalue weighted by atomic mass is 16.5. The second kappa shape index (κ2) is 4.15. The molecule has 2 aliphatic rings. The van der Waals surface area contributed by atoms with Crippen LogP contribution in [0.25, 0.3) is 0 Å². The van der Waals surface area contributed by atoms with E-state index in [-0.39, 0.29) is 11.4 Å². The summed E-state index contributed by atoms with van der Waals surface area (Å²) < 4.78 is 10.8. The molecule has 1 aromatic carbocycles. The van der Waals surface area contributed by atoms with Gasteiger partial charge >= 0.3 is 0 Å². The monoisotopic (exact) mass is 261 g/mol. The van der Waals surface area contributed by atoms with E-state index in [9.17, 15) is 4.79 Å². The predicted octanol–water partition coefficient (Wildman–Crippen LogP) is 2.10. The number of methoxy groups -OCH3 is 2. The number of benzene rings is 1. The number of amides is 1. The summed E-state index contributed by atoms with van der Waals surface area (Å²) in [6.07, 6.45) is 2.41. The Labute approximate surface area is 113 Å². The highest BCUT2D eigenvalue weighted by molar-refractivity contribution is 5.80. The molecule has 4 nitrogen and oxygen atoms in total. The molecule has 0 spiro atoms. The fourth-order valence-electron chi connectivity index (χ4n) is 3.41. The van der Waals surface area contributed by atoms with Crippen LogP contribution < -0.4 is 9.47 Å². The lowest BCUT2D eigenvalue weighted by Crippen LogP contribution is -2.46. The van der Waals surface area contributed by atoms with E-state index in [4.69, 9.17) is 9.47 Å². The quantitative estimate of drug-likeness (QED) is 0.818. The molecule has 1 unspecified atom stereocenters. The van der Waals surface area contributed by atoms with Crippen LogP contribution in [0.5, 0.6) is 11.5 Å². The van der Waals surface area contributed by atoms with Gasteiger partial charge < -0.3 is 14.4 Å². The van der Waals surface area contributed by atoms with E-state index in [0.717, 1.165) is 30.9 Å². The Bertz CT molecular complexity index is 540. The number of fused-ring (bicyclic) bond motifs is 3. The molecule has 2 aliphatic heterocycles. The molecular weight excluding hydrogens is 242 g/mol. The molecule has 1 saturated heterocycles. The van der Waals surface area contributed by atoms with Gasteiger partial charge in [-0.3, -0.25) is 4.79 Å². The fraction of sp³-hybridized carbons (Fsp3) is 0.533. The summed E-state index contributed by atoms with van der Waals surface area (Å²) in [6, 6.07) is 4.10. The Morgan fingerprint density at radius 3 is 2.53 bits per heavy atom. The largest absolute Gasteiger partial charge is 0.493 e. The van der Waals surface area contributed by atoms with Crippen molar-refractivity contribution in [3.05, 3.63) is 23.3 Å².